The largest absolute Gasteiger partial charge is 0.476 e. The van der Waals surface area contributed by atoms with Gasteiger partial charge in [-0.25, -0.2) is 4.39 Å². The first-order chi connectivity index (χ1) is 12.0. The van der Waals surface area contributed by atoms with Crippen molar-refractivity contribution in [3.63, 3.8) is 0 Å². The molecule has 6 nitrogen and oxygen atoms in total. The van der Waals surface area contributed by atoms with E-state index in [4.69, 9.17) is 4.74 Å². The molecule has 0 N–H and O–H groups in total. The highest BCUT2D eigenvalue weighted by atomic mass is 127. The van der Waals surface area contributed by atoms with Gasteiger partial charge >= 0.3 is 0 Å². The molecule has 0 unspecified atom stereocenters. The lowest BCUT2D eigenvalue weighted by molar-refractivity contribution is -0.385. The Labute approximate surface area is 163 Å². The SMILES string of the molecule is Cc1cc(F)cc(C)c1N1C(=O)C(C)(C)Oc2cc([N+](=O)[O-])c(I)cc21. The summed E-state index contributed by atoms with van der Waals surface area (Å²) in [4.78, 5) is 25.3. The minimum Gasteiger partial charge on any atom is -0.476 e. The molecule has 2 aromatic carbocycles. The highest BCUT2D eigenvalue weighted by molar-refractivity contribution is 14.1. The Bertz CT molecular complexity index is 935. The zero-order valence-corrected chi connectivity index (χ0v) is 16.8. The second-order valence-electron chi connectivity index (χ2n) is 6.67. The van der Waals surface area contributed by atoms with Gasteiger partial charge < -0.3 is 4.74 Å². The number of benzene rings is 2. The first-order valence-corrected chi connectivity index (χ1v) is 8.89. The molecule has 8 heteroatoms. The van der Waals surface area contributed by atoms with Crippen LogP contribution in [0, 0.1) is 33.3 Å². The van der Waals surface area contributed by atoms with Crippen LogP contribution in [0.3, 0.4) is 0 Å². The molecular weight excluding hydrogens is 454 g/mol. The lowest BCUT2D eigenvalue weighted by Gasteiger charge is -2.39. The van der Waals surface area contributed by atoms with Crippen molar-refractivity contribution in [3.05, 3.63) is 54.9 Å². The predicted molar refractivity (Wildman–Crippen MR) is 104 cm³/mol. The molecular formula is C18H16FIN2O4. The van der Waals surface area contributed by atoms with Gasteiger partial charge in [0.15, 0.2) is 11.4 Å². The Balaban J connectivity index is 2.32. The maximum absolute atomic E-state index is 13.7. The average molecular weight is 470 g/mol. The summed E-state index contributed by atoms with van der Waals surface area (Å²) in [6, 6.07) is 5.58. The van der Waals surface area contributed by atoms with E-state index in [9.17, 15) is 19.3 Å². The maximum Gasteiger partial charge on any atom is 0.286 e. The molecule has 0 fully saturated rings. The Morgan fingerprint density at radius 2 is 1.77 bits per heavy atom. The van der Waals surface area contributed by atoms with Gasteiger partial charge in [-0.3, -0.25) is 19.8 Å². The van der Waals surface area contributed by atoms with E-state index in [0.717, 1.165) is 0 Å². The maximum atomic E-state index is 13.7. The van der Waals surface area contributed by atoms with Crippen LogP contribution < -0.4 is 9.64 Å². The number of hydrogen-bond donors (Lipinski definition) is 0. The number of rotatable bonds is 2. The summed E-state index contributed by atoms with van der Waals surface area (Å²) in [5.74, 6) is -0.473. The van der Waals surface area contributed by atoms with E-state index in [1.165, 1.54) is 23.1 Å². The molecule has 0 saturated carbocycles. The van der Waals surface area contributed by atoms with Gasteiger partial charge in [-0.05, 0) is 79.6 Å². The lowest BCUT2D eigenvalue weighted by atomic mass is 9.99. The van der Waals surface area contributed by atoms with Gasteiger partial charge in [0.25, 0.3) is 11.6 Å². The van der Waals surface area contributed by atoms with Gasteiger partial charge in [0.05, 0.1) is 25.9 Å². The van der Waals surface area contributed by atoms with Crippen LogP contribution in [0.25, 0.3) is 0 Å². The van der Waals surface area contributed by atoms with Crippen LogP contribution in [-0.4, -0.2) is 16.4 Å². The summed E-state index contributed by atoms with van der Waals surface area (Å²) in [6.45, 7) is 6.64. The van der Waals surface area contributed by atoms with E-state index in [1.54, 1.807) is 33.8 Å². The van der Waals surface area contributed by atoms with Crippen molar-refractivity contribution in [1.82, 2.24) is 0 Å². The number of ether oxygens (including phenoxy) is 1. The minimum absolute atomic E-state index is 0.0954. The average Bonchev–Trinajstić information content (AvgIpc) is 2.50. The second kappa shape index (κ2) is 6.19. The number of nitro benzene ring substituents is 1. The molecule has 1 aliphatic heterocycles. The van der Waals surface area contributed by atoms with Gasteiger partial charge in [-0.1, -0.05) is 0 Å². The topological polar surface area (TPSA) is 72.7 Å². The van der Waals surface area contributed by atoms with E-state index in [0.29, 0.717) is 26.1 Å². The summed E-state index contributed by atoms with van der Waals surface area (Å²) >= 11 is 1.85. The van der Waals surface area contributed by atoms with Crippen LogP contribution in [-0.2, 0) is 4.79 Å². The molecule has 0 radical (unpaired) electrons. The van der Waals surface area contributed by atoms with Gasteiger partial charge in [0.2, 0.25) is 0 Å². The number of aryl methyl sites for hydroxylation is 2. The fourth-order valence-electron chi connectivity index (χ4n) is 3.10. The second-order valence-corrected chi connectivity index (χ2v) is 7.83. The van der Waals surface area contributed by atoms with Crippen LogP contribution in [0.1, 0.15) is 25.0 Å². The number of nitro groups is 1. The number of anilines is 2. The summed E-state index contributed by atoms with van der Waals surface area (Å²) in [7, 11) is 0. The molecule has 2 aromatic rings. The Morgan fingerprint density at radius 1 is 1.19 bits per heavy atom. The third-order valence-corrected chi connectivity index (χ3v) is 5.09. The van der Waals surface area contributed by atoms with Gasteiger partial charge in [-0.15, -0.1) is 0 Å². The number of halogens is 2. The summed E-state index contributed by atoms with van der Waals surface area (Å²) in [5.41, 5.74) is 0.824. The third kappa shape index (κ3) is 2.91. The van der Waals surface area contributed by atoms with Crippen molar-refractivity contribution in [3.8, 4) is 5.75 Å². The number of amides is 1. The Morgan fingerprint density at radius 3 is 2.31 bits per heavy atom. The van der Waals surface area contributed by atoms with Crippen LogP contribution in [0.15, 0.2) is 24.3 Å². The highest BCUT2D eigenvalue weighted by Crippen LogP contribution is 2.46. The van der Waals surface area contributed by atoms with Crippen molar-refractivity contribution in [2.24, 2.45) is 0 Å². The molecule has 0 atom stereocenters. The monoisotopic (exact) mass is 470 g/mol. The highest BCUT2D eigenvalue weighted by Gasteiger charge is 2.43. The molecule has 0 spiro atoms. The smallest absolute Gasteiger partial charge is 0.286 e. The molecule has 136 valence electrons. The van der Waals surface area contributed by atoms with Crippen molar-refractivity contribution < 1.29 is 18.8 Å². The molecule has 26 heavy (non-hydrogen) atoms. The molecule has 1 aliphatic rings. The number of nitrogens with zero attached hydrogens (tertiary/aromatic N) is 2. The molecule has 1 heterocycles. The minimum atomic E-state index is -1.22. The zero-order chi connectivity index (χ0) is 19.4. The Hall–Kier alpha value is -2.23. The summed E-state index contributed by atoms with van der Waals surface area (Å²) < 4.78 is 19.9. The summed E-state index contributed by atoms with van der Waals surface area (Å²) in [6.07, 6.45) is 0. The molecule has 1 amide bonds. The molecule has 3 rings (SSSR count). The molecule has 0 aromatic heterocycles. The normalized spacial score (nSPS) is 15.5. The number of fused-ring (bicyclic) bond motifs is 1. The van der Waals surface area contributed by atoms with Gasteiger partial charge in [-0.2, -0.15) is 0 Å². The first kappa shape index (κ1) is 18.6. The molecule has 0 bridgehead atoms. The quantitative estimate of drug-likeness (QED) is 0.360. The first-order valence-electron chi connectivity index (χ1n) is 7.81. The van der Waals surface area contributed by atoms with Crippen LogP contribution >= 0.6 is 22.6 Å². The van der Waals surface area contributed by atoms with Crippen molar-refractivity contribution in [1.29, 1.82) is 0 Å². The number of carbonyl (C=O) groups excluding carboxylic acids is 1. The zero-order valence-electron chi connectivity index (χ0n) is 14.6. The molecule has 0 saturated heterocycles. The van der Waals surface area contributed by atoms with E-state index < -0.39 is 10.5 Å². The fourth-order valence-corrected chi connectivity index (χ4v) is 3.75. The summed E-state index contributed by atoms with van der Waals surface area (Å²) in [5, 5.41) is 11.3. The van der Waals surface area contributed by atoms with E-state index in [1.807, 2.05) is 22.6 Å². The van der Waals surface area contributed by atoms with E-state index >= 15 is 0 Å². The number of hydrogen-bond acceptors (Lipinski definition) is 4. The Kier molecular flexibility index (Phi) is 4.41. The third-order valence-electron chi connectivity index (χ3n) is 4.23. The van der Waals surface area contributed by atoms with Crippen molar-refractivity contribution >= 4 is 45.6 Å². The van der Waals surface area contributed by atoms with E-state index in [-0.39, 0.29) is 23.2 Å². The van der Waals surface area contributed by atoms with Crippen LogP contribution in [0.4, 0.5) is 21.5 Å². The van der Waals surface area contributed by atoms with E-state index in [2.05, 4.69) is 0 Å². The number of carbonyl (C=O) groups is 1. The van der Waals surface area contributed by atoms with Crippen LogP contribution in [0.2, 0.25) is 0 Å². The molecule has 0 aliphatic carbocycles. The van der Waals surface area contributed by atoms with Gasteiger partial charge in [0, 0.05) is 0 Å². The fraction of sp³-hybridized carbons (Fsp3) is 0.278. The lowest BCUT2D eigenvalue weighted by Crippen LogP contribution is -2.51. The predicted octanol–water partition coefficient (Wildman–Crippen LogP) is 4.79. The van der Waals surface area contributed by atoms with Crippen LogP contribution in [0.5, 0.6) is 5.75 Å². The van der Waals surface area contributed by atoms with Gasteiger partial charge in [0.1, 0.15) is 5.82 Å². The standard InChI is InChI=1S/C18H16FIN2O4/c1-9-5-11(19)6-10(2)16(9)21-14-7-12(20)13(22(24)25)8-15(14)26-18(3,4)17(21)23/h5-8H,1-4H3. The van der Waals surface area contributed by atoms with Crippen molar-refractivity contribution in [2.45, 2.75) is 33.3 Å². The van der Waals surface area contributed by atoms with Crippen molar-refractivity contribution in [2.75, 3.05) is 4.90 Å².